The molecule has 26 heteroatoms. The molecule has 0 aliphatic carbocycles. The zero-order valence-electron chi connectivity index (χ0n) is 30.3. The molecule has 0 radical (unpaired) electrons. The summed E-state index contributed by atoms with van der Waals surface area (Å²) >= 11 is 0. The molecule has 60 heavy (non-hydrogen) atoms. The van der Waals surface area contributed by atoms with Gasteiger partial charge in [-0.25, -0.2) is 16.8 Å². The van der Waals surface area contributed by atoms with Crippen LogP contribution in [-0.2, 0) is 20.2 Å². The van der Waals surface area contributed by atoms with E-state index in [4.69, 9.17) is 20.9 Å². The van der Waals surface area contributed by atoms with E-state index in [2.05, 4.69) is 20.5 Å². The zero-order valence-corrected chi connectivity index (χ0v) is 33.5. The smallest absolute Gasteiger partial charge is 0.153 e. The van der Waals surface area contributed by atoms with Crippen LogP contribution in [0.25, 0.3) is 32.7 Å². The van der Waals surface area contributed by atoms with Crippen molar-refractivity contribution in [2.24, 2.45) is 20.5 Å². The molecule has 6 aromatic rings. The standard InChI is InChI=1S/C34H32N6O16S4/c1-55-23-11-15(3-7-19(23)37-39-21-9-5-17-25(57(43,44)45)13-27(59(49,50)51)31(35)29(17)33(21)41)16-4-8-20(24(12-16)56-2)38-40-22-10-6-18-26(58(46,47)48)14-28(60(52,53)54)32(36)30(18)34(22)42/h3-14,41-45,49-51H,35-36H2,1-2H3,(H,46,47,48)(H,52,53,54)/p-4. The van der Waals surface area contributed by atoms with Crippen molar-refractivity contribution in [2.45, 2.75) is 19.6 Å². The molecule has 0 bridgehead atoms. The highest BCUT2D eigenvalue weighted by molar-refractivity contribution is 8.20. The van der Waals surface area contributed by atoms with Crippen LogP contribution in [0, 0.1) is 0 Å². The number of phenolic OH excluding ortho intramolecular Hbond substituents is 2. The lowest BCUT2D eigenvalue weighted by Crippen LogP contribution is -2.08. The number of ether oxygens (including phenoxy) is 2. The van der Waals surface area contributed by atoms with Gasteiger partial charge in [-0.2, -0.15) is 0 Å². The van der Waals surface area contributed by atoms with Gasteiger partial charge in [0.2, 0.25) is 0 Å². The Bertz CT molecular complexity index is 3040. The largest absolute Gasteiger partial charge is 0.769 e. The number of nitrogens with zero attached hydrogens (tertiary/aromatic N) is 4. The van der Waals surface area contributed by atoms with Gasteiger partial charge in [-0.1, -0.05) is 46.0 Å². The van der Waals surface area contributed by atoms with Gasteiger partial charge in [-0.3, -0.25) is 0 Å². The molecule has 0 atom stereocenters. The van der Waals surface area contributed by atoms with Gasteiger partial charge in [0.05, 0.1) is 46.2 Å². The molecule has 0 aliphatic heterocycles. The Morgan fingerprint density at radius 1 is 0.500 bits per heavy atom. The zero-order chi connectivity index (χ0) is 44.3. The highest BCUT2D eigenvalue weighted by atomic mass is 32.3. The molecule has 10 N–H and O–H groups in total. The molecule has 0 spiro atoms. The molecule has 0 unspecified atom stereocenters. The molecular formula is C34H28N6O16S4-4. The third-order valence-corrected chi connectivity index (χ3v) is 12.3. The number of fused-ring (bicyclic) bond motifs is 2. The van der Waals surface area contributed by atoms with Gasteiger partial charge in [0.15, 0.2) is 11.5 Å². The molecule has 318 valence electrons. The minimum absolute atomic E-state index is 0.0977. The van der Waals surface area contributed by atoms with E-state index in [1.54, 1.807) is 24.3 Å². The quantitative estimate of drug-likeness (QED) is 0.0357. The molecule has 0 fully saturated rings. The second kappa shape index (κ2) is 15.6. The van der Waals surface area contributed by atoms with E-state index >= 15 is 0 Å². The second-order valence-corrected chi connectivity index (χ2v) is 17.9. The van der Waals surface area contributed by atoms with Gasteiger partial charge in [-0.15, -0.1) is 20.5 Å². The minimum Gasteiger partial charge on any atom is -0.769 e. The van der Waals surface area contributed by atoms with Gasteiger partial charge in [0, 0.05) is 20.6 Å². The van der Waals surface area contributed by atoms with Crippen LogP contribution in [0.15, 0.2) is 113 Å². The van der Waals surface area contributed by atoms with Crippen molar-refractivity contribution in [3.63, 3.8) is 0 Å². The summed E-state index contributed by atoms with van der Waals surface area (Å²) in [5.74, 6) is -1.36. The lowest BCUT2D eigenvalue weighted by atomic mass is 10.0. The predicted molar refractivity (Wildman–Crippen MR) is 213 cm³/mol. The van der Waals surface area contributed by atoms with Gasteiger partial charge >= 0.3 is 0 Å². The highest BCUT2D eigenvalue weighted by Crippen LogP contribution is 2.57. The summed E-state index contributed by atoms with van der Waals surface area (Å²) in [6.45, 7) is 0. The number of nitrogens with two attached hydrogens (primary N) is 2. The molecular weight excluding hydrogens is 877 g/mol. The number of nitrogen functional groups attached to an aromatic ring is 2. The van der Waals surface area contributed by atoms with Crippen molar-refractivity contribution < 1.29 is 72.9 Å². The lowest BCUT2D eigenvalue weighted by molar-refractivity contribution is 0.359. The van der Waals surface area contributed by atoms with Crippen LogP contribution in [0.4, 0.5) is 34.1 Å². The summed E-state index contributed by atoms with van der Waals surface area (Å²) in [6.07, 6.45) is 0. The monoisotopic (exact) mass is 904 g/mol. The first kappa shape index (κ1) is 43.7. The van der Waals surface area contributed by atoms with Crippen molar-refractivity contribution in [2.75, 3.05) is 25.7 Å². The number of benzene rings is 6. The topological polar surface area (TPSA) is 402 Å². The number of hydrogen-bond acceptors (Lipinski definition) is 22. The molecule has 0 amide bonds. The first-order chi connectivity index (χ1) is 27.9. The summed E-state index contributed by atoms with van der Waals surface area (Å²) in [5.41, 5.74) is 11.0. The molecule has 0 aliphatic rings. The molecule has 0 aromatic heterocycles. The average molecular weight is 905 g/mol. The number of phenols is 2. The summed E-state index contributed by atoms with van der Waals surface area (Å²) in [5, 5.41) is 36.3. The number of aromatic hydroxyl groups is 2. The van der Waals surface area contributed by atoms with Crippen molar-refractivity contribution in [1.82, 2.24) is 0 Å². The number of anilines is 2. The Morgan fingerprint density at radius 2 is 0.850 bits per heavy atom. The van der Waals surface area contributed by atoms with Gasteiger partial charge in [-0.05, 0) is 59.7 Å². The first-order valence-corrected chi connectivity index (χ1v) is 21.9. The van der Waals surface area contributed by atoms with E-state index in [-0.39, 0.29) is 39.6 Å². The molecule has 0 saturated carbocycles. The maximum Gasteiger partial charge on any atom is 0.153 e. The maximum atomic E-state index is 12.2. The van der Waals surface area contributed by atoms with E-state index in [0.717, 1.165) is 24.3 Å². The van der Waals surface area contributed by atoms with E-state index in [0.29, 0.717) is 23.3 Å². The van der Waals surface area contributed by atoms with E-state index in [9.17, 15) is 63.5 Å². The second-order valence-electron chi connectivity index (χ2n) is 12.4. The predicted octanol–water partition coefficient (Wildman–Crippen LogP) is 7.37. The van der Waals surface area contributed by atoms with Crippen LogP contribution < -0.4 is 20.9 Å². The minimum atomic E-state index is -5.40. The van der Waals surface area contributed by atoms with Crippen LogP contribution in [0.5, 0.6) is 23.0 Å². The first-order valence-electron chi connectivity index (χ1n) is 16.1. The SMILES string of the molecule is COc1cc(-c2ccc(N=Nc3ccc4c(S(=O)(=O)[O-])cc(S(=O)(=O)[O-])c(N)c4c3O)c(OC)c2)ccc1N=Nc1ccc2c(S([O-])(O)O)cc(S([O-])(O)O)c(N)c2c1O. The Morgan fingerprint density at radius 3 is 1.23 bits per heavy atom. The third-order valence-electron chi connectivity index (χ3n) is 8.77. The molecule has 22 nitrogen and oxygen atoms in total. The van der Waals surface area contributed by atoms with E-state index in [1.165, 1.54) is 26.4 Å². The van der Waals surface area contributed by atoms with Crippen LogP contribution in [0.1, 0.15) is 0 Å². The Labute approximate surface area is 341 Å². The highest BCUT2D eigenvalue weighted by Gasteiger charge is 2.25. The Kier molecular flexibility index (Phi) is 11.4. The van der Waals surface area contributed by atoms with Gasteiger partial charge in [0.25, 0.3) is 0 Å². The third kappa shape index (κ3) is 8.30. The van der Waals surface area contributed by atoms with Crippen molar-refractivity contribution in [3.05, 3.63) is 72.8 Å². The van der Waals surface area contributed by atoms with Crippen LogP contribution in [0.3, 0.4) is 0 Å². The van der Waals surface area contributed by atoms with Crippen molar-refractivity contribution in [1.29, 1.82) is 0 Å². The number of hydrogen-bond donors (Lipinski definition) is 8. The van der Waals surface area contributed by atoms with Crippen LogP contribution in [-0.4, -0.2) is 77.7 Å². The normalized spacial score (nSPS) is 13.4. The number of azo groups is 2. The van der Waals surface area contributed by atoms with Crippen molar-refractivity contribution in [3.8, 4) is 34.1 Å². The Hall–Kier alpha value is -5.88. The summed E-state index contributed by atoms with van der Waals surface area (Å²) in [4.78, 5) is -4.11. The fourth-order valence-electron chi connectivity index (χ4n) is 6.02. The number of rotatable bonds is 11. The van der Waals surface area contributed by atoms with E-state index < -0.39 is 101 Å². The van der Waals surface area contributed by atoms with Crippen LogP contribution in [0.2, 0.25) is 0 Å². The molecule has 6 aromatic carbocycles. The van der Waals surface area contributed by atoms with Gasteiger partial charge in [0.1, 0.15) is 54.5 Å². The molecule has 6 rings (SSSR count). The lowest BCUT2D eigenvalue weighted by Gasteiger charge is -2.39. The average Bonchev–Trinajstić information content (AvgIpc) is 3.15. The summed E-state index contributed by atoms with van der Waals surface area (Å²) < 4.78 is 145. The fourth-order valence-corrected chi connectivity index (χ4v) is 8.89. The number of methoxy groups -OCH3 is 2. The van der Waals surface area contributed by atoms with Crippen LogP contribution >= 0.6 is 21.7 Å². The molecule has 0 heterocycles. The summed E-state index contributed by atoms with van der Waals surface area (Å²) in [6, 6.07) is 14.5. The summed E-state index contributed by atoms with van der Waals surface area (Å²) in [7, 11) is -17.8. The maximum absolute atomic E-state index is 12.2. The van der Waals surface area contributed by atoms with E-state index in [1.807, 2.05) is 0 Å². The van der Waals surface area contributed by atoms with Gasteiger partial charge < -0.3 is 67.6 Å². The fraction of sp³-hybridized carbons (Fsp3) is 0.0588. The van der Waals surface area contributed by atoms with Crippen molar-refractivity contribution >= 4 is 97.6 Å². The molecule has 0 saturated heterocycles. The Balaban J connectivity index is 1.33.